The number of unbranched alkanes of at least 4 members (excludes halogenated alkanes) is 1. The van der Waals surface area contributed by atoms with Crippen LogP contribution in [0.1, 0.15) is 60.8 Å². The van der Waals surface area contributed by atoms with Gasteiger partial charge in [-0.2, -0.15) is 0 Å². The number of carbonyl (C=O) groups excluding carboxylic acids is 1. The Balaban J connectivity index is 3.18. The van der Waals surface area contributed by atoms with Gasteiger partial charge in [-0.15, -0.1) is 0 Å². The quantitative estimate of drug-likeness (QED) is 0.161. The van der Waals surface area contributed by atoms with Gasteiger partial charge >= 0.3 is 0 Å². The molecule has 4 N–H and O–H groups in total. The molecule has 2 atom stereocenters. The zero-order chi connectivity index (χ0) is 25.8. The third kappa shape index (κ3) is 9.12. The Morgan fingerprint density at radius 3 is 2.53 bits per heavy atom. The fourth-order valence-corrected chi connectivity index (χ4v) is 3.66. The fourth-order valence-electron chi connectivity index (χ4n) is 3.66. The first-order chi connectivity index (χ1) is 16.0. The predicted molar refractivity (Wildman–Crippen MR) is 138 cm³/mol. The Hall–Kier alpha value is -2.96. The molecule has 0 aliphatic carbocycles. The molecule has 0 aromatic heterocycles. The van der Waals surface area contributed by atoms with Crippen molar-refractivity contribution in [1.29, 1.82) is 5.41 Å². The maximum atomic E-state index is 12.8. The number of alkyl halides is 2. The average molecular weight is 475 g/mol. The zero-order valence-electron chi connectivity index (χ0n) is 21.3. The van der Waals surface area contributed by atoms with Crippen LogP contribution < -0.4 is 16.0 Å². The molecule has 34 heavy (non-hydrogen) atoms. The van der Waals surface area contributed by atoms with E-state index in [0.717, 1.165) is 41.6 Å². The van der Waals surface area contributed by atoms with E-state index in [1.54, 1.807) is 6.92 Å². The van der Waals surface area contributed by atoms with Crippen molar-refractivity contribution in [2.75, 3.05) is 6.54 Å². The van der Waals surface area contributed by atoms with Crippen molar-refractivity contribution in [2.24, 2.45) is 5.92 Å². The Labute approximate surface area is 203 Å². The summed E-state index contributed by atoms with van der Waals surface area (Å²) in [7, 11) is 0. The second kappa shape index (κ2) is 14.3. The molecular weight excluding hydrogens is 434 g/mol. The van der Waals surface area contributed by atoms with Crippen molar-refractivity contribution in [3.05, 3.63) is 70.6 Å². The predicted octanol–water partition coefficient (Wildman–Crippen LogP) is 5.92. The number of nitrogens with one attached hydrogen (secondary N) is 4. The van der Waals surface area contributed by atoms with E-state index in [0.29, 0.717) is 11.4 Å². The molecule has 0 saturated carbocycles. The summed E-state index contributed by atoms with van der Waals surface area (Å²) in [5.74, 6) is -0.689. The lowest BCUT2D eigenvalue weighted by Crippen LogP contribution is -2.41. The molecule has 0 aromatic rings. The second-order valence-corrected chi connectivity index (χ2v) is 8.56. The van der Waals surface area contributed by atoms with Gasteiger partial charge in [-0.25, -0.2) is 8.78 Å². The molecule has 0 radical (unpaired) electrons. The normalized spacial score (nSPS) is 20.1. The van der Waals surface area contributed by atoms with E-state index in [9.17, 15) is 13.6 Å². The van der Waals surface area contributed by atoms with Crippen molar-refractivity contribution >= 4 is 11.7 Å². The number of hydrogen-bond acceptors (Lipinski definition) is 3. The standard InChI is InChI=1S/C27H40F2N4O/c1-8-10-11-13-17(3)19(5)22(12-9-2)15-23-20(6)33-27(34)26(23)21(7)32-25(30)14-18(4)31-16-24(28)29/h11-15,21,24,26,31H,6,8-10,16H2,1-5,7H3,(H2,30,32)(H,33,34)/b13-11-,18-14-,19-17+,22-12-,23-15+. The lowest BCUT2D eigenvalue weighted by Gasteiger charge is -2.21. The summed E-state index contributed by atoms with van der Waals surface area (Å²) in [6, 6.07) is -0.408. The summed E-state index contributed by atoms with van der Waals surface area (Å²) in [5, 5.41) is 16.6. The molecule has 1 fully saturated rings. The number of rotatable bonds is 12. The topological polar surface area (TPSA) is 77.0 Å². The largest absolute Gasteiger partial charge is 0.383 e. The summed E-state index contributed by atoms with van der Waals surface area (Å²) in [5.41, 5.74) is 5.10. The van der Waals surface area contributed by atoms with Crippen molar-refractivity contribution in [2.45, 2.75) is 73.3 Å². The maximum absolute atomic E-state index is 12.8. The number of allylic oxidation sites excluding steroid dienone is 9. The summed E-state index contributed by atoms with van der Waals surface area (Å²) >= 11 is 0. The maximum Gasteiger partial charge on any atom is 0.255 e. The lowest BCUT2D eigenvalue weighted by molar-refractivity contribution is -0.122. The van der Waals surface area contributed by atoms with E-state index in [-0.39, 0.29) is 11.7 Å². The number of carbonyl (C=O) groups is 1. The van der Waals surface area contributed by atoms with Gasteiger partial charge in [0.25, 0.3) is 6.43 Å². The smallest absolute Gasteiger partial charge is 0.255 e. The second-order valence-electron chi connectivity index (χ2n) is 8.56. The van der Waals surface area contributed by atoms with Crippen molar-refractivity contribution < 1.29 is 13.6 Å². The highest BCUT2D eigenvalue weighted by atomic mass is 19.3. The van der Waals surface area contributed by atoms with Crippen LogP contribution in [0.15, 0.2) is 70.6 Å². The molecule has 0 aromatic carbocycles. The van der Waals surface area contributed by atoms with Crippen molar-refractivity contribution in [1.82, 2.24) is 16.0 Å². The number of amidine groups is 1. The van der Waals surface area contributed by atoms with E-state index >= 15 is 0 Å². The molecule has 7 heteroatoms. The van der Waals surface area contributed by atoms with E-state index in [1.807, 2.05) is 13.0 Å². The van der Waals surface area contributed by atoms with Gasteiger partial charge in [-0.1, -0.05) is 45.1 Å². The Morgan fingerprint density at radius 2 is 1.94 bits per heavy atom. The van der Waals surface area contributed by atoms with Gasteiger partial charge in [0.1, 0.15) is 5.84 Å². The van der Waals surface area contributed by atoms with Gasteiger partial charge < -0.3 is 16.0 Å². The first-order valence-electron chi connectivity index (χ1n) is 11.8. The number of hydrogen-bond donors (Lipinski definition) is 4. The molecular formula is C27H40F2N4O. The van der Waals surface area contributed by atoms with E-state index in [2.05, 4.69) is 68.5 Å². The molecule has 1 saturated heterocycles. The highest BCUT2D eigenvalue weighted by Gasteiger charge is 2.37. The molecule has 188 valence electrons. The van der Waals surface area contributed by atoms with Crippen LogP contribution in [0.3, 0.4) is 0 Å². The minimum Gasteiger partial charge on any atom is -0.383 e. The highest BCUT2D eigenvalue weighted by Crippen LogP contribution is 2.31. The van der Waals surface area contributed by atoms with Gasteiger partial charge in [0.2, 0.25) is 5.91 Å². The van der Waals surface area contributed by atoms with Gasteiger partial charge in [-0.05, 0) is 75.0 Å². The van der Waals surface area contributed by atoms with Crippen LogP contribution in [-0.2, 0) is 4.79 Å². The SMILES string of the molecule is C=C1NC(=O)C(C(C)NC(=N)/C=C(/C)NCC(F)F)/C1=C/C(=C/CC)C(/C)=C(C)/C=C\CCC. The zero-order valence-corrected chi connectivity index (χ0v) is 21.3. The van der Waals surface area contributed by atoms with Crippen molar-refractivity contribution in [3.63, 3.8) is 0 Å². The summed E-state index contributed by atoms with van der Waals surface area (Å²) < 4.78 is 24.8. The summed E-state index contributed by atoms with van der Waals surface area (Å²) in [4.78, 5) is 12.8. The van der Waals surface area contributed by atoms with Gasteiger partial charge in [-0.3, -0.25) is 10.2 Å². The third-order valence-electron chi connectivity index (χ3n) is 5.60. The number of amides is 1. The molecule has 0 bridgehead atoms. The third-order valence-corrected chi connectivity index (χ3v) is 5.60. The molecule has 5 nitrogen and oxygen atoms in total. The van der Waals surface area contributed by atoms with Crippen molar-refractivity contribution in [3.8, 4) is 0 Å². The van der Waals surface area contributed by atoms with Gasteiger partial charge in [0, 0.05) is 17.4 Å². The van der Waals surface area contributed by atoms with E-state index in [4.69, 9.17) is 5.41 Å². The van der Waals surface area contributed by atoms with Crippen LogP contribution in [0.5, 0.6) is 0 Å². The molecule has 1 aliphatic heterocycles. The minimum atomic E-state index is -2.47. The van der Waals surface area contributed by atoms with Crippen LogP contribution in [0.2, 0.25) is 0 Å². The lowest BCUT2D eigenvalue weighted by atomic mass is 9.89. The summed E-state index contributed by atoms with van der Waals surface area (Å²) in [6.07, 6.45) is 10.4. The highest BCUT2D eigenvalue weighted by molar-refractivity contribution is 5.94. The Kier molecular flexibility index (Phi) is 12.3. The minimum absolute atomic E-state index is 0.0359. The average Bonchev–Trinajstić information content (AvgIpc) is 3.04. The summed E-state index contributed by atoms with van der Waals surface area (Å²) in [6.45, 7) is 15.4. The van der Waals surface area contributed by atoms with Gasteiger partial charge in [0.15, 0.2) is 0 Å². The first kappa shape index (κ1) is 29.1. The van der Waals surface area contributed by atoms with Crippen LogP contribution in [0, 0.1) is 11.3 Å². The number of halogens is 2. The fraction of sp³-hybridized carbons (Fsp3) is 0.481. The van der Waals surface area contributed by atoms with Crippen LogP contribution >= 0.6 is 0 Å². The molecule has 2 unspecified atom stereocenters. The van der Waals surface area contributed by atoms with Crippen LogP contribution in [0.4, 0.5) is 8.78 Å². The Bertz CT molecular complexity index is 910. The molecule has 1 aliphatic rings. The Morgan fingerprint density at radius 1 is 1.26 bits per heavy atom. The van der Waals surface area contributed by atoms with Gasteiger partial charge in [0.05, 0.1) is 12.5 Å². The van der Waals surface area contributed by atoms with Crippen LogP contribution in [0.25, 0.3) is 0 Å². The van der Waals surface area contributed by atoms with E-state index in [1.165, 1.54) is 6.08 Å². The molecule has 1 amide bonds. The first-order valence-corrected chi connectivity index (χ1v) is 11.8. The molecule has 1 heterocycles. The monoisotopic (exact) mass is 474 g/mol. The van der Waals surface area contributed by atoms with Crippen LogP contribution in [-0.4, -0.2) is 30.8 Å². The molecule has 0 spiro atoms. The van der Waals surface area contributed by atoms with E-state index < -0.39 is 24.9 Å². The molecule has 1 rings (SSSR count).